The summed E-state index contributed by atoms with van der Waals surface area (Å²) in [6.45, 7) is 1.45. The van der Waals surface area contributed by atoms with Gasteiger partial charge in [0.15, 0.2) is 11.0 Å². The first-order valence-corrected chi connectivity index (χ1v) is 14.1. The molecular weight excluding hydrogens is 549 g/mol. The first kappa shape index (κ1) is 26.9. The van der Waals surface area contributed by atoms with Crippen molar-refractivity contribution in [3.05, 3.63) is 133 Å². The minimum atomic E-state index is -2.00. The van der Waals surface area contributed by atoms with Gasteiger partial charge in [0.25, 0.3) is 5.56 Å². The Morgan fingerprint density at radius 1 is 1.00 bits per heavy atom. The third kappa shape index (κ3) is 3.95. The fraction of sp³-hybridized carbons (Fsp3) is 0.206. The van der Waals surface area contributed by atoms with Crippen molar-refractivity contribution in [1.29, 1.82) is 0 Å². The number of ether oxygens (including phenoxy) is 1. The highest BCUT2D eigenvalue weighted by Gasteiger charge is 2.45. The number of nitrogens with one attached hydrogen (secondary N) is 1. The number of pyridine rings is 2. The van der Waals surface area contributed by atoms with Gasteiger partial charge in [-0.25, -0.2) is 9.18 Å². The first-order valence-electron chi connectivity index (χ1n) is 14.1. The van der Waals surface area contributed by atoms with E-state index in [0.29, 0.717) is 16.9 Å². The molecule has 2 aliphatic heterocycles. The SMILES string of the molecule is CC[C@@]1(O)C(=O)OCc2c1cc1n(c2=O)Cc2c-1c(=O)c1cc(F)cc(NC(c3ccccc3)c3ccccc3)c1n2C. The maximum absolute atomic E-state index is 15.3. The van der Waals surface area contributed by atoms with Crippen LogP contribution in [0.15, 0.2) is 88.5 Å². The molecule has 0 bridgehead atoms. The van der Waals surface area contributed by atoms with Crippen molar-refractivity contribution in [2.75, 3.05) is 5.32 Å². The molecule has 0 saturated carbocycles. The van der Waals surface area contributed by atoms with E-state index in [2.05, 4.69) is 5.32 Å². The van der Waals surface area contributed by atoms with Gasteiger partial charge in [0.2, 0.25) is 0 Å². The highest BCUT2D eigenvalue weighted by atomic mass is 19.1. The Labute approximate surface area is 245 Å². The van der Waals surface area contributed by atoms with E-state index in [1.165, 1.54) is 16.7 Å². The van der Waals surface area contributed by atoms with Gasteiger partial charge in [-0.15, -0.1) is 0 Å². The first-order chi connectivity index (χ1) is 20.7. The lowest BCUT2D eigenvalue weighted by molar-refractivity contribution is -0.172. The summed E-state index contributed by atoms with van der Waals surface area (Å²) in [7, 11) is 1.79. The van der Waals surface area contributed by atoms with E-state index < -0.39 is 28.4 Å². The van der Waals surface area contributed by atoms with E-state index in [1.807, 2.05) is 65.2 Å². The Morgan fingerprint density at radius 3 is 2.28 bits per heavy atom. The second-order valence-electron chi connectivity index (χ2n) is 11.1. The van der Waals surface area contributed by atoms with Gasteiger partial charge in [0.05, 0.1) is 51.7 Å². The van der Waals surface area contributed by atoms with Crippen LogP contribution in [0.4, 0.5) is 10.1 Å². The zero-order valence-electron chi connectivity index (χ0n) is 23.6. The topological polar surface area (TPSA) is 103 Å². The molecule has 2 N–H and O–H groups in total. The number of hydrogen-bond donors (Lipinski definition) is 2. The lowest BCUT2D eigenvalue weighted by Gasteiger charge is -2.31. The summed E-state index contributed by atoms with van der Waals surface area (Å²) >= 11 is 0. The molecule has 216 valence electrons. The van der Waals surface area contributed by atoms with E-state index in [9.17, 15) is 19.5 Å². The summed E-state index contributed by atoms with van der Waals surface area (Å²) in [6, 6.07) is 23.3. The lowest BCUT2D eigenvalue weighted by Crippen LogP contribution is -2.44. The Balaban J connectivity index is 1.45. The van der Waals surface area contributed by atoms with E-state index >= 15 is 4.39 Å². The summed E-state index contributed by atoms with van der Waals surface area (Å²) in [5.74, 6) is -1.42. The normalized spacial score (nSPS) is 17.0. The van der Waals surface area contributed by atoms with Crippen molar-refractivity contribution in [3.63, 3.8) is 0 Å². The Bertz CT molecular complexity index is 2030. The van der Waals surface area contributed by atoms with Crippen LogP contribution in [0.5, 0.6) is 0 Å². The average Bonchev–Trinajstić information content (AvgIpc) is 3.42. The van der Waals surface area contributed by atoms with E-state index in [1.54, 1.807) is 20.0 Å². The molecule has 1 atom stereocenters. The largest absolute Gasteiger partial charge is 0.458 e. The van der Waals surface area contributed by atoms with Crippen molar-refractivity contribution < 1.29 is 19.0 Å². The Hall–Kier alpha value is -5.02. The number of cyclic esters (lactones) is 1. The average molecular weight is 578 g/mol. The zero-order chi connectivity index (χ0) is 30.0. The number of hydrogen-bond acceptors (Lipinski definition) is 6. The maximum Gasteiger partial charge on any atom is 0.343 e. The maximum atomic E-state index is 15.3. The Morgan fingerprint density at radius 2 is 1.65 bits per heavy atom. The number of fused-ring (bicyclic) bond motifs is 5. The van der Waals surface area contributed by atoms with Crippen molar-refractivity contribution in [1.82, 2.24) is 9.13 Å². The molecule has 5 aromatic rings. The molecule has 3 aromatic carbocycles. The van der Waals surface area contributed by atoms with E-state index in [0.717, 1.165) is 11.1 Å². The number of carbonyl (C=O) groups is 1. The van der Waals surface area contributed by atoms with Crippen molar-refractivity contribution in [3.8, 4) is 11.3 Å². The monoisotopic (exact) mass is 577 g/mol. The number of aliphatic hydroxyl groups is 1. The van der Waals surface area contributed by atoms with Gasteiger partial charge in [-0.05, 0) is 35.7 Å². The third-order valence-corrected chi connectivity index (χ3v) is 8.75. The van der Waals surface area contributed by atoms with Gasteiger partial charge < -0.3 is 24.3 Å². The van der Waals surface area contributed by atoms with Crippen LogP contribution < -0.4 is 16.3 Å². The molecule has 0 spiro atoms. The number of halogens is 1. The standard InChI is InChI=1S/C34H28FN3O5/c1-3-34(42)24-16-26-28-27(17-38(26)32(40)23(24)18-43-33(34)41)37(2)30-22(31(28)39)14-21(35)15-25(30)36-29(19-10-6-4-7-11-19)20-12-8-5-9-13-20/h4-16,29,36,42H,3,17-18H2,1-2H3/t34-/m0/s1. The van der Waals surface area contributed by atoms with Gasteiger partial charge in [0.1, 0.15) is 12.4 Å². The van der Waals surface area contributed by atoms with Crippen LogP contribution in [0.2, 0.25) is 0 Å². The second-order valence-corrected chi connectivity index (χ2v) is 11.1. The highest BCUT2D eigenvalue weighted by Crippen LogP contribution is 2.39. The molecule has 2 aliphatic rings. The number of nitrogens with zero attached hydrogens (tertiary/aromatic N) is 2. The van der Waals surface area contributed by atoms with Crippen LogP contribution in [-0.4, -0.2) is 20.2 Å². The minimum absolute atomic E-state index is 0.00541. The molecule has 7 rings (SSSR count). The molecule has 0 fully saturated rings. The van der Waals surface area contributed by atoms with Crippen molar-refractivity contribution in [2.24, 2.45) is 7.05 Å². The molecule has 8 nitrogen and oxygen atoms in total. The third-order valence-electron chi connectivity index (χ3n) is 8.75. The molecular formula is C34H28FN3O5. The second kappa shape index (κ2) is 9.78. The zero-order valence-corrected chi connectivity index (χ0v) is 23.6. The summed E-state index contributed by atoms with van der Waals surface area (Å²) in [5, 5.41) is 14.8. The number of esters is 1. The van der Waals surface area contributed by atoms with Gasteiger partial charge in [-0.1, -0.05) is 67.6 Å². The van der Waals surface area contributed by atoms with Gasteiger partial charge in [-0.2, -0.15) is 0 Å². The fourth-order valence-electron chi connectivity index (χ4n) is 6.48. The minimum Gasteiger partial charge on any atom is -0.458 e. The number of carbonyl (C=O) groups excluding carboxylic acids is 1. The number of anilines is 1. The quantitative estimate of drug-likeness (QED) is 0.288. The molecule has 0 amide bonds. The number of benzene rings is 3. The molecule has 9 heteroatoms. The van der Waals surface area contributed by atoms with Gasteiger partial charge >= 0.3 is 5.97 Å². The fourth-order valence-corrected chi connectivity index (χ4v) is 6.48. The molecule has 4 heterocycles. The van der Waals surface area contributed by atoms with Crippen molar-refractivity contribution in [2.45, 2.75) is 38.1 Å². The van der Waals surface area contributed by atoms with E-state index in [-0.39, 0.29) is 53.4 Å². The number of aromatic nitrogens is 2. The van der Waals surface area contributed by atoms with Crippen LogP contribution >= 0.6 is 0 Å². The van der Waals surface area contributed by atoms with Crippen LogP contribution in [0.3, 0.4) is 0 Å². The highest BCUT2D eigenvalue weighted by molar-refractivity contribution is 5.95. The number of aryl methyl sites for hydroxylation is 1. The molecule has 0 aliphatic carbocycles. The van der Waals surface area contributed by atoms with Crippen molar-refractivity contribution >= 4 is 22.6 Å². The summed E-state index contributed by atoms with van der Waals surface area (Å²) < 4.78 is 23.7. The van der Waals surface area contributed by atoms with Crippen LogP contribution in [0.25, 0.3) is 22.2 Å². The molecule has 0 saturated heterocycles. The van der Waals surface area contributed by atoms with E-state index in [4.69, 9.17) is 4.74 Å². The summed E-state index contributed by atoms with van der Waals surface area (Å²) in [5.41, 5.74) is 1.39. The summed E-state index contributed by atoms with van der Waals surface area (Å²) in [6.07, 6.45) is -0.00541. The molecule has 0 unspecified atom stereocenters. The predicted octanol–water partition coefficient (Wildman–Crippen LogP) is 4.72. The predicted molar refractivity (Wildman–Crippen MR) is 160 cm³/mol. The number of rotatable bonds is 5. The Kier molecular flexibility index (Phi) is 6.10. The molecule has 2 aromatic heterocycles. The van der Waals surface area contributed by atoms with Gasteiger partial charge in [-0.3, -0.25) is 9.59 Å². The molecule has 0 radical (unpaired) electrons. The van der Waals surface area contributed by atoms with Gasteiger partial charge in [0, 0.05) is 12.6 Å². The summed E-state index contributed by atoms with van der Waals surface area (Å²) in [4.78, 5) is 40.4. The molecule has 43 heavy (non-hydrogen) atoms. The lowest BCUT2D eigenvalue weighted by atomic mass is 9.85. The van der Waals surface area contributed by atoms with Crippen LogP contribution in [0.1, 0.15) is 47.3 Å². The van der Waals surface area contributed by atoms with Crippen LogP contribution in [0, 0.1) is 5.82 Å². The smallest absolute Gasteiger partial charge is 0.343 e. The van der Waals surface area contributed by atoms with Crippen LogP contribution in [-0.2, 0) is 35.3 Å².